The molecular weight excluding hydrogens is 238 g/mol. The van der Waals surface area contributed by atoms with Gasteiger partial charge < -0.3 is 4.98 Å². The highest BCUT2D eigenvalue weighted by molar-refractivity contribution is 7.85. The fourth-order valence-electron chi connectivity index (χ4n) is 0.636. The van der Waals surface area contributed by atoms with Gasteiger partial charge in [-0.05, 0) is 0 Å². The van der Waals surface area contributed by atoms with Crippen LogP contribution in [0.2, 0.25) is 0 Å². The molecule has 3 N–H and O–H groups in total. The Balaban J connectivity index is 0.000000212. The minimum Gasteiger partial charge on any atom is -0.351 e. The maximum Gasteiger partial charge on any atom is 0.348 e. The zero-order valence-corrected chi connectivity index (χ0v) is 8.55. The molecule has 0 saturated carbocycles. The summed E-state index contributed by atoms with van der Waals surface area (Å²) in [5, 5.41) is -0.808. The lowest BCUT2D eigenvalue weighted by Gasteiger charge is -1.90. The van der Waals surface area contributed by atoms with E-state index in [1.165, 1.54) is 0 Å². The number of hydrogen-bond donors (Lipinski definition) is 3. The topological polar surface area (TPSA) is 142 Å². The van der Waals surface area contributed by atoms with Crippen LogP contribution in [-0.2, 0) is 10.1 Å². The van der Waals surface area contributed by atoms with E-state index >= 15 is 0 Å². The van der Waals surface area contributed by atoms with Crippen molar-refractivity contribution in [3.05, 3.63) is 35.5 Å². The summed E-state index contributed by atoms with van der Waals surface area (Å²) in [6, 6.07) is 0. The molecule has 16 heavy (non-hydrogen) atoms. The van der Waals surface area contributed by atoms with Crippen molar-refractivity contribution >= 4 is 10.1 Å². The van der Waals surface area contributed by atoms with Gasteiger partial charge in [0.2, 0.25) is 0 Å². The molecule has 0 saturated heterocycles. The van der Waals surface area contributed by atoms with Gasteiger partial charge in [0.25, 0.3) is 5.16 Å². The van der Waals surface area contributed by atoms with E-state index in [-0.39, 0.29) is 0 Å². The van der Waals surface area contributed by atoms with Crippen LogP contribution in [0.15, 0.2) is 35.0 Å². The second kappa shape index (κ2) is 5.14. The molecular formula is C6H7N5O4S. The van der Waals surface area contributed by atoms with Crippen molar-refractivity contribution < 1.29 is 13.0 Å². The van der Waals surface area contributed by atoms with Crippen LogP contribution in [-0.4, -0.2) is 37.9 Å². The zero-order chi connectivity index (χ0) is 12.0. The first kappa shape index (κ1) is 12.0. The first-order chi connectivity index (χ1) is 7.50. The highest BCUT2D eigenvalue weighted by Crippen LogP contribution is 1.92. The van der Waals surface area contributed by atoms with Crippen molar-refractivity contribution in [1.29, 1.82) is 0 Å². The summed E-state index contributed by atoms with van der Waals surface area (Å²) in [7, 11) is -4.43. The van der Waals surface area contributed by atoms with Crippen molar-refractivity contribution in [3.63, 3.8) is 0 Å². The lowest BCUT2D eigenvalue weighted by atomic mass is 11.0. The smallest absolute Gasteiger partial charge is 0.348 e. The van der Waals surface area contributed by atoms with Crippen molar-refractivity contribution in [2.24, 2.45) is 0 Å². The van der Waals surface area contributed by atoms with Crippen LogP contribution in [0.1, 0.15) is 0 Å². The van der Waals surface area contributed by atoms with Crippen LogP contribution < -0.4 is 5.69 Å². The third-order valence-electron chi connectivity index (χ3n) is 1.21. The third kappa shape index (κ3) is 3.98. The fraction of sp³-hybridized carbons (Fsp3) is 0. The molecule has 2 aromatic heterocycles. The molecule has 0 aliphatic rings. The predicted octanol–water partition coefficient (Wildman–Crippen LogP) is -1.18. The molecule has 2 aromatic rings. The minimum atomic E-state index is -4.43. The molecule has 0 aliphatic heterocycles. The van der Waals surface area contributed by atoms with E-state index in [4.69, 9.17) is 4.55 Å². The normalized spacial score (nSPS) is 10.3. The molecule has 2 rings (SSSR count). The van der Waals surface area contributed by atoms with Gasteiger partial charge in [0.15, 0.2) is 0 Å². The van der Waals surface area contributed by atoms with E-state index in [0.29, 0.717) is 0 Å². The molecule has 0 bridgehead atoms. The average molecular weight is 245 g/mol. The highest BCUT2D eigenvalue weighted by atomic mass is 32.2. The Bertz CT molecular complexity index is 558. The molecule has 2 heterocycles. The van der Waals surface area contributed by atoms with Gasteiger partial charge in [-0.1, -0.05) is 0 Å². The van der Waals surface area contributed by atoms with Gasteiger partial charge in [-0.25, -0.2) is 14.8 Å². The predicted molar refractivity (Wildman–Crippen MR) is 51.1 cm³/mol. The van der Waals surface area contributed by atoms with E-state index in [0.717, 1.165) is 6.33 Å². The largest absolute Gasteiger partial charge is 0.351 e. The average Bonchev–Trinajstić information content (AvgIpc) is 2.74. The van der Waals surface area contributed by atoms with Crippen LogP contribution in [0.25, 0.3) is 0 Å². The van der Waals surface area contributed by atoms with E-state index in [2.05, 4.69) is 19.9 Å². The quantitative estimate of drug-likeness (QED) is 0.537. The van der Waals surface area contributed by atoms with Gasteiger partial charge in [-0.15, -0.1) is 0 Å². The van der Waals surface area contributed by atoms with Gasteiger partial charge in [-0.3, -0.25) is 9.54 Å². The molecule has 0 fully saturated rings. The summed E-state index contributed by atoms with van der Waals surface area (Å²) in [6.45, 7) is 0. The minimum absolute atomic E-state index is 0.738. The monoisotopic (exact) mass is 245 g/mol. The second-order valence-electron chi connectivity index (χ2n) is 2.34. The molecule has 0 atom stereocenters. The Hall–Kier alpha value is -2.07. The summed E-state index contributed by atoms with van der Waals surface area (Å²) >= 11 is 0. The lowest BCUT2D eigenvalue weighted by Crippen LogP contribution is -2.16. The van der Waals surface area contributed by atoms with Crippen LogP contribution in [0.4, 0.5) is 0 Å². The number of aromatic nitrogens is 5. The molecule has 0 amide bonds. The number of hydrogen-bond acceptors (Lipinski definition) is 6. The molecule has 0 aromatic carbocycles. The van der Waals surface area contributed by atoms with Gasteiger partial charge in [-0.2, -0.15) is 13.4 Å². The number of nitrogens with one attached hydrogen (secondary N) is 2. The SMILES string of the molecule is O=c1ncnc(S(=O)(=O)O)[nH]1.c1c[nH]cn1. The number of H-pyrrole nitrogens is 2. The Morgan fingerprint density at radius 3 is 2.38 bits per heavy atom. The van der Waals surface area contributed by atoms with Crippen molar-refractivity contribution in [2.75, 3.05) is 0 Å². The first-order valence-corrected chi connectivity index (χ1v) is 5.25. The number of nitrogens with zero attached hydrogens (tertiary/aromatic N) is 3. The van der Waals surface area contributed by atoms with Crippen LogP contribution in [0.5, 0.6) is 0 Å². The Morgan fingerprint density at radius 1 is 1.31 bits per heavy atom. The van der Waals surface area contributed by atoms with Crippen molar-refractivity contribution in [1.82, 2.24) is 24.9 Å². The molecule has 0 radical (unpaired) electrons. The second-order valence-corrected chi connectivity index (χ2v) is 3.68. The molecule has 9 nitrogen and oxygen atoms in total. The third-order valence-corrected chi connectivity index (χ3v) is 1.91. The first-order valence-electron chi connectivity index (χ1n) is 3.81. The van der Waals surface area contributed by atoms with Gasteiger partial charge >= 0.3 is 15.8 Å². The summed E-state index contributed by atoms with van der Waals surface area (Å²) in [5.41, 5.74) is -0.882. The maximum absolute atomic E-state index is 10.4. The molecule has 86 valence electrons. The summed E-state index contributed by atoms with van der Waals surface area (Å²) < 4.78 is 28.9. The number of aromatic amines is 2. The van der Waals surface area contributed by atoms with E-state index in [1.807, 2.05) is 0 Å². The fourth-order valence-corrected chi connectivity index (χ4v) is 1.03. The Kier molecular flexibility index (Phi) is 3.85. The van der Waals surface area contributed by atoms with Crippen molar-refractivity contribution in [3.8, 4) is 0 Å². The highest BCUT2D eigenvalue weighted by Gasteiger charge is 2.11. The number of rotatable bonds is 1. The van der Waals surface area contributed by atoms with Crippen LogP contribution >= 0.6 is 0 Å². The van der Waals surface area contributed by atoms with E-state index < -0.39 is 21.0 Å². The van der Waals surface area contributed by atoms with E-state index in [1.54, 1.807) is 23.7 Å². The molecule has 0 unspecified atom stereocenters. The van der Waals surface area contributed by atoms with Crippen LogP contribution in [0.3, 0.4) is 0 Å². The molecule has 0 aliphatic carbocycles. The zero-order valence-electron chi connectivity index (χ0n) is 7.73. The van der Waals surface area contributed by atoms with Crippen molar-refractivity contribution in [2.45, 2.75) is 5.16 Å². The maximum atomic E-state index is 10.4. The molecule has 10 heteroatoms. The van der Waals surface area contributed by atoms with Gasteiger partial charge in [0.05, 0.1) is 6.33 Å². The van der Waals surface area contributed by atoms with Crippen LogP contribution in [0, 0.1) is 0 Å². The van der Waals surface area contributed by atoms with Gasteiger partial charge in [0, 0.05) is 12.4 Å². The molecule has 0 spiro atoms. The standard InChI is InChI=1S/C3H3N3O4S.C3H4N2/c7-2-4-1-5-3(6-2)11(8,9)10;1-2-5-3-4-1/h1H,(H,8,9,10)(H,4,5,6,7);1-3H,(H,4,5). The van der Waals surface area contributed by atoms with Gasteiger partial charge in [0.1, 0.15) is 6.33 Å². The Morgan fingerprint density at radius 2 is 2.06 bits per heavy atom. The summed E-state index contributed by atoms with van der Waals surface area (Å²) in [5.74, 6) is 0. The Labute approximate surface area is 89.4 Å². The van der Waals surface area contributed by atoms with E-state index in [9.17, 15) is 13.2 Å². The number of imidazole rings is 1. The summed E-state index contributed by atoms with van der Waals surface area (Å²) in [4.78, 5) is 24.7. The lowest BCUT2D eigenvalue weighted by molar-refractivity contribution is 0.472. The summed E-state index contributed by atoms with van der Waals surface area (Å²) in [6.07, 6.45) is 5.82.